The highest BCUT2D eigenvalue weighted by atomic mass is 16.3. The van der Waals surface area contributed by atoms with Gasteiger partial charge in [-0.1, -0.05) is 0 Å². The fourth-order valence-electron chi connectivity index (χ4n) is 1.27. The summed E-state index contributed by atoms with van der Waals surface area (Å²) in [5.74, 6) is 0.889. The second kappa shape index (κ2) is 3.30. The highest BCUT2D eigenvalue weighted by molar-refractivity contribution is 5.39. The number of nitrogens with zero attached hydrogens (tertiary/aromatic N) is 3. The lowest BCUT2D eigenvalue weighted by atomic mass is 10.4. The molecule has 1 saturated carbocycles. The molecule has 1 aromatic rings. The molecule has 4 nitrogen and oxygen atoms in total. The van der Waals surface area contributed by atoms with Gasteiger partial charge in [0.15, 0.2) is 5.82 Å². The van der Waals surface area contributed by atoms with E-state index < -0.39 is 0 Å². The predicted octanol–water partition coefficient (Wildman–Crippen LogP) is 0.567. The summed E-state index contributed by atoms with van der Waals surface area (Å²) in [4.78, 5) is 2.13. The van der Waals surface area contributed by atoms with Crippen LogP contribution in [-0.4, -0.2) is 28.4 Å². The van der Waals surface area contributed by atoms with Crippen molar-refractivity contribution in [2.45, 2.75) is 25.5 Å². The third kappa shape index (κ3) is 1.78. The van der Waals surface area contributed by atoms with Gasteiger partial charge in [0.25, 0.3) is 0 Å². The first-order chi connectivity index (χ1) is 6.31. The molecule has 1 N–H and O–H groups in total. The Bertz CT molecular complexity index is 281. The van der Waals surface area contributed by atoms with Crippen LogP contribution in [0.5, 0.6) is 0 Å². The van der Waals surface area contributed by atoms with Gasteiger partial charge in [-0.05, 0) is 25.0 Å². The van der Waals surface area contributed by atoms with Gasteiger partial charge in [0.1, 0.15) is 0 Å². The molecule has 0 saturated heterocycles. The first kappa shape index (κ1) is 8.44. The minimum atomic E-state index is -0.0412. The van der Waals surface area contributed by atoms with Gasteiger partial charge in [-0.2, -0.15) is 5.10 Å². The molecule has 0 atom stereocenters. The quantitative estimate of drug-likeness (QED) is 0.737. The first-order valence-electron chi connectivity index (χ1n) is 4.47. The number of hydrogen-bond acceptors (Lipinski definition) is 4. The Morgan fingerprint density at radius 2 is 2.23 bits per heavy atom. The summed E-state index contributed by atoms with van der Waals surface area (Å²) in [6.07, 6.45) is 2.50. The van der Waals surface area contributed by atoms with Crippen LogP contribution in [0.1, 0.15) is 18.5 Å². The number of rotatable bonds is 3. The molecule has 2 rings (SSSR count). The molecule has 70 valence electrons. The highest BCUT2D eigenvalue weighted by Gasteiger charge is 2.27. The molecule has 0 radical (unpaired) electrons. The van der Waals surface area contributed by atoms with E-state index in [1.165, 1.54) is 12.8 Å². The third-order valence-electron chi connectivity index (χ3n) is 2.32. The number of aliphatic hydroxyl groups is 1. The van der Waals surface area contributed by atoms with E-state index >= 15 is 0 Å². The van der Waals surface area contributed by atoms with E-state index in [2.05, 4.69) is 15.1 Å². The molecule has 0 spiro atoms. The maximum Gasteiger partial charge on any atom is 0.151 e. The van der Waals surface area contributed by atoms with Crippen molar-refractivity contribution in [3.05, 3.63) is 17.8 Å². The molecule has 1 fully saturated rings. The van der Waals surface area contributed by atoms with E-state index in [-0.39, 0.29) is 6.61 Å². The Balaban J connectivity index is 2.11. The van der Waals surface area contributed by atoms with E-state index in [1.54, 1.807) is 6.07 Å². The smallest absolute Gasteiger partial charge is 0.151 e. The van der Waals surface area contributed by atoms with Crippen molar-refractivity contribution >= 4 is 5.82 Å². The molecule has 0 aliphatic heterocycles. The summed E-state index contributed by atoms with van der Waals surface area (Å²) in [7, 11) is 2.03. The largest absolute Gasteiger partial charge is 0.390 e. The molecular weight excluding hydrogens is 166 g/mol. The second-order valence-electron chi connectivity index (χ2n) is 3.38. The van der Waals surface area contributed by atoms with Gasteiger partial charge >= 0.3 is 0 Å². The van der Waals surface area contributed by atoms with E-state index in [9.17, 15) is 0 Å². The van der Waals surface area contributed by atoms with Crippen molar-refractivity contribution in [2.75, 3.05) is 11.9 Å². The Hall–Kier alpha value is -1.16. The minimum Gasteiger partial charge on any atom is -0.390 e. The van der Waals surface area contributed by atoms with Crippen LogP contribution in [0.4, 0.5) is 5.82 Å². The molecule has 4 heteroatoms. The van der Waals surface area contributed by atoms with Crippen LogP contribution in [0.3, 0.4) is 0 Å². The van der Waals surface area contributed by atoms with Crippen LogP contribution < -0.4 is 4.90 Å². The average molecular weight is 179 g/mol. The molecule has 1 aliphatic carbocycles. The summed E-state index contributed by atoms with van der Waals surface area (Å²) in [5, 5.41) is 16.7. The lowest BCUT2D eigenvalue weighted by Crippen LogP contribution is -2.21. The fraction of sp³-hybridized carbons (Fsp3) is 0.556. The number of hydrogen-bond donors (Lipinski definition) is 1. The molecule has 1 aromatic heterocycles. The van der Waals surface area contributed by atoms with Gasteiger partial charge in [-0.3, -0.25) is 0 Å². The topological polar surface area (TPSA) is 49.2 Å². The predicted molar refractivity (Wildman–Crippen MR) is 49.4 cm³/mol. The summed E-state index contributed by atoms with van der Waals surface area (Å²) in [6, 6.07) is 4.35. The van der Waals surface area contributed by atoms with E-state index in [0.29, 0.717) is 11.7 Å². The third-order valence-corrected chi connectivity index (χ3v) is 2.32. The van der Waals surface area contributed by atoms with Gasteiger partial charge in [0, 0.05) is 13.1 Å². The Morgan fingerprint density at radius 1 is 1.46 bits per heavy atom. The minimum absolute atomic E-state index is 0.0412. The lowest BCUT2D eigenvalue weighted by molar-refractivity contribution is 0.275. The fourth-order valence-corrected chi connectivity index (χ4v) is 1.27. The molecule has 0 unspecified atom stereocenters. The Labute approximate surface area is 77.2 Å². The van der Waals surface area contributed by atoms with Crippen molar-refractivity contribution in [1.82, 2.24) is 10.2 Å². The maximum atomic E-state index is 8.77. The van der Waals surface area contributed by atoms with Crippen LogP contribution in [-0.2, 0) is 6.61 Å². The summed E-state index contributed by atoms with van der Waals surface area (Å²) in [6.45, 7) is -0.0412. The van der Waals surface area contributed by atoms with Crippen molar-refractivity contribution in [3.8, 4) is 0 Å². The van der Waals surface area contributed by atoms with Crippen LogP contribution >= 0.6 is 0 Å². The van der Waals surface area contributed by atoms with Gasteiger partial charge in [-0.15, -0.1) is 5.10 Å². The average Bonchev–Trinajstić information content (AvgIpc) is 3.00. The van der Waals surface area contributed by atoms with Crippen LogP contribution in [0, 0.1) is 0 Å². The summed E-state index contributed by atoms with van der Waals surface area (Å²) in [5.41, 5.74) is 0.618. The molecule has 13 heavy (non-hydrogen) atoms. The zero-order chi connectivity index (χ0) is 9.26. The van der Waals surface area contributed by atoms with Crippen molar-refractivity contribution in [1.29, 1.82) is 0 Å². The molecule has 1 aliphatic rings. The Morgan fingerprint density at radius 3 is 2.69 bits per heavy atom. The number of aromatic nitrogens is 2. The zero-order valence-corrected chi connectivity index (χ0v) is 7.64. The van der Waals surface area contributed by atoms with E-state index in [1.807, 2.05) is 13.1 Å². The van der Waals surface area contributed by atoms with Crippen molar-refractivity contribution in [3.63, 3.8) is 0 Å². The SMILES string of the molecule is CN(c1ccc(CO)nn1)C1CC1. The van der Waals surface area contributed by atoms with Crippen molar-refractivity contribution in [2.24, 2.45) is 0 Å². The van der Waals surface area contributed by atoms with Gasteiger partial charge < -0.3 is 10.0 Å². The second-order valence-corrected chi connectivity index (χ2v) is 3.38. The zero-order valence-electron chi connectivity index (χ0n) is 7.64. The van der Waals surface area contributed by atoms with Gasteiger partial charge in [0.2, 0.25) is 0 Å². The maximum absolute atomic E-state index is 8.77. The molecule has 0 amide bonds. The van der Waals surface area contributed by atoms with Gasteiger partial charge in [-0.25, -0.2) is 0 Å². The highest BCUT2D eigenvalue weighted by Crippen LogP contribution is 2.28. The normalized spacial score (nSPS) is 15.8. The van der Waals surface area contributed by atoms with E-state index in [0.717, 1.165) is 5.82 Å². The number of anilines is 1. The molecule has 1 heterocycles. The molecule has 0 aromatic carbocycles. The van der Waals surface area contributed by atoms with E-state index in [4.69, 9.17) is 5.11 Å². The van der Waals surface area contributed by atoms with Gasteiger partial charge in [0.05, 0.1) is 12.3 Å². The molecule has 0 bridgehead atoms. The van der Waals surface area contributed by atoms with Crippen LogP contribution in [0.25, 0.3) is 0 Å². The summed E-state index contributed by atoms with van der Waals surface area (Å²) >= 11 is 0. The van der Waals surface area contributed by atoms with Crippen LogP contribution in [0.15, 0.2) is 12.1 Å². The lowest BCUT2D eigenvalue weighted by Gasteiger charge is -2.15. The van der Waals surface area contributed by atoms with Crippen molar-refractivity contribution < 1.29 is 5.11 Å². The Kier molecular flexibility index (Phi) is 2.14. The van der Waals surface area contributed by atoms with Crippen LogP contribution in [0.2, 0.25) is 0 Å². The standard InChI is InChI=1S/C9H13N3O/c1-12(8-3-4-8)9-5-2-7(6-13)10-11-9/h2,5,8,13H,3-4,6H2,1H3. The first-order valence-corrected chi connectivity index (χ1v) is 4.47. The monoisotopic (exact) mass is 179 g/mol. The number of aliphatic hydroxyl groups excluding tert-OH is 1. The summed E-state index contributed by atoms with van der Waals surface area (Å²) < 4.78 is 0. The molecular formula is C9H13N3O.